The molecule has 0 atom stereocenters. The van der Waals surface area contributed by atoms with E-state index in [9.17, 15) is 0 Å². The van der Waals surface area contributed by atoms with Crippen LogP contribution in [0.5, 0.6) is 0 Å². The minimum atomic E-state index is 0.822. The van der Waals surface area contributed by atoms with E-state index in [0.717, 1.165) is 15.9 Å². The Balaban J connectivity index is 2.83. The summed E-state index contributed by atoms with van der Waals surface area (Å²) in [5.74, 6) is 0. The van der Waals surface area contributed by atoms with Gasteiger partial charge in [0.05, 0.1) is 0 Å². The summed E-state index contributed by atoms with van der Waals surface area (Å²) in [6, 6.07) is 9.92. The fraction of sp³-hybridized carbons (Fsp3) is 0. The molecule has 1 aromatic rings. The summed E-state index contributed by atoms with van der Waals surface area (Å²) in [6.45, 7) is 0. The topological polar surface area (TPSA) is 0 Å². The van der Waals surface area contributed by atoms with Crippen LogP contribution < -0.4 is 0 Å². The first-order valence-corrected chi connectivity index (χ1v) is 4.10. The first-order chi connectivity index (χ1) is 3.93. The van der Waals surface area contributed by atoms with Crippen molar-refractivity contribution in [2.75, 3.05) is 0 Å². The molecule has 0 aliphatic heterocycles. The van der Waals surface area contributed by atoms with Crippen molar-refractivity contribution >= 4 is 21.7 Å². The molecule has 0 aromatic heterocycles. The largest absolute Gasteiger partial charge is 0.180 e. The average Bonchev–Trinajstić information content (AvgIpc) is 1.90. The van der Waals surface area contributed by atoms with Gasteiger partial charge in [-0.2, -0.15) is 0 Å². The monoisotopic (exact) mass is 145 g/mol. The van der Waals surface area contributed by atoms with E-state index in [4.69, 9.17) is 10.7 Å². The van der Waals surface area contributed by atoms with Gasteiger partial charge in [0.2, 0.25) is 0 Å². The highest BCUT2D eigenvalue weighted by molar-refractivity contribution is 8.02. The molecule has 8 heavy (non-hydrogen) atoms. The zero-order valence-corrected chi connectivity index (χ0v) is 5.86. The third-order valence-corrected chi connectivity index (χ3v) is 1.93. The molecule has 0 saturated heterocycles. The lowest BCUT2D eigenvalue weighted by Crippen LogP contribution is -1.68. The fourth-order valence-electron chi connectivity index (χ4n) is 0.484. The number of hydrogen-bond donors (Lipinski definition) is 0. The van der Waals surface area contributed by atoms with Crippen LogP contribution in [0.25, 0.3) is 0 Å². The van der Waals surface area contributed by atoms with E-state index >= 15 is 0 Å². The normalized spacial score (nSPS) is 9.12. The standard InChI is InChI=1S/C6H5ClS/c7-8-6-4-2-1-3-5-6/h1-5H/p+1. The van der Waals surface area contributed by atoms with Crippen LogP contribution in [0.2, 0.25) is 0 Å². The van der Waals surface area contributed by atoms with E-state index in [1.165, 1.54) is 0 Å². The van der Waals surface area contributed by atoms with E-state index in [0.29, 0.717) is 0 Å². The molecule has 1 rings (SSSR count). The van der Waals surface area contributed by atoms with Gasteiger partial charge in [-0.1, -0.05) is 18.2 Å². The minimum absolute atomic E-state index is 0.822. The third kappa shape index (κ3) is 1.42. The van der Waals surface area contributed by atoms with Gasteiger partial charge < -0.3 is 0 Å². The molecule has 0 heterocycles. The molecule has 0 bridgehead atoms. The molecule has 1 aromatic carbocycles. The molecule has 0 fully saturated rings. The molecular weight excluding hydrogens is 140 g/mol. The predicted molar refractivity (Wildman–Crippen MR) is 39.3 cm³/mol. The molecule has 0 radical (unpaired) electrons. The summed E-state index contributed by atoms with van der Waals surface area (Å²) in [5, 5.41) is 0. The van der Waals surface area contributed by atoms with E-state index in [1.807, 2.05) is 30.3 Å². The number of thiol groups is 1. The minimum Gasteiger partial charge on any atom is -0.0619 e. The highest BCUT2D eigenvalue weighted by Gasteiger charge is 1.93. The maximum absolute atomic E-state index is 5.50. The smallest absolute Gasteiger partial charge is 0.0619 e. The molecule has 0 amide bonds. The van der Waals surface area contributed by atoms with Crippen molar-refractivity contribution < 1.29 is 0 Å². The number of rotatable bonds is 1. The summed E-state index contributed by atoms with van der Waals surface area (Å²) < 4.78 is 0. The van der Waals surface area contributed by atoms with Gasteiger partial charge in [-0.25, -0.2) is 0 Å². The second kappa shape index (κ2) is 3.00. The molecule has 0 N–H and O–H groups in total. The Kier molecular flexibility index (Phi) is 2.25. The highest BCUT2D eigenvalue weighted by atomic mass is 35.7. The number of halogens is 1. The van der Waals surface area contributed by atoms with Crippen molar-refractivity contribution in [2.24, 2.45) is 0 Å². The van der Waals surface area contributed by atoms with Crippen LogP contribution in [0, 0.1) is 0 Å². The van der Waals surface area contributed by atoms with Crippen molar-refractivity contribution in [3.8, 4) is 0 Å². The van der Waals surface area contributed by atoms with Gasteiger partial charge in [-0.05, 0) is 12.1 Å². The maximum Gasteiger partial charge on any atom is 0.180 e. The lowest BCUT2D eigenvalue weighted by atomic mass is 10.4. The van der Waals surface area contributed by atoms with Crippen LogP contribution in [0.4, 0.5) is 0 Å². The van der Waals surface area contributed by atoms with Gasteiger partial charge >= 0.3 is 0 Å². The van der Waals surface area contributed by atoms with Crippen molar-refractivity contribution in [1.29, 1.82) is 0 Å². The zero-order chi connectivity index (χ0) is 5.82. The Bertz CT molecular complexity index is 150. The van der Waals surface area contributed by atoms with E-state index < -0.39 is 0 Å². The zero-order valence-electron chi connectivity index (χ0n) is 4.21. The van der Waals surface area contributed by atoms with Crippen molar-refractivity contribution in [3.63, 3.8) is 0 Å². The first-order valence-electron chi connectivity index (χ1n) is 2.30. The van der Waals surface area contributed by atoms with Crippen LogP contribution in [-0.2, 0) is 11.0 Å². The van der Waals surface area contributed by atoms with Crippen LogP contribution >= 0.6 is 10.7 Å². The highest BCUT2D eigenvalue weighted by Crippen LogP contribution is 2.02. The summed E-state index contributed by atoms with van der Waals surface area (Å²) >= 11 is 0. The first kappa shape index (κ1) is 5.99. The molecule has 42 valence electrons. The quantitative estimate of drug-likeness (QED) is 0.419. The van der Waals surface area contributed by atoms with Crippen LogP contribution in [-0.4, -0.2) is 0 Å². The summed E-state index contributed by atoms with van der Waals surface area (Å²) in [6.07, 6.45) is 0. The van der Waals surface area contributed by atoms with E-state index in [1.54, 1.807) is 0 Å². The average molecular weight is 146 g/mol. The molecule has 2 heteroatoms. The van der Waals surface area contributed by atoms with Gasteiger partial charge in [0.15, 0.2) is 15.6 Å². The second-order valence-electron chi connectivity index (χ2n) is 1.42. The SMILES string of the molecule is Cl[SH+]c1ccccc1. The molecule has 0 saturated carbocycles. The van der Waals surface area contributed by atoms with Crippen molar-refractivity contribution in [2.45, 2.75) is 4.90 Å². The van der Waals surface area contributed by atoms with Gasteiger partial charge in [-0.3, -0.25) is 0 Å². The Morgan fingerprint density at radius 2 is 1.75 bits per heavy atom. The van der Waals surface area contributed by atoms with Crippen LogP contribution in [0.15, 0.2) is 35.2 Å². The van der Waals surface area contributed by atoms with Crippen LogP contribution in [0.3, 0.4) is 0 Å². The number of hydrogen-bond acceptors (Lipinski definition) is 0. The third-order valence-electron chi connectivity index (χ3n) is 0.854. The predicted octanol–water partition coefficient (Wildman–Crippen LogP) is 2.01. The Hall–Kier alpha value is -0.140. The molecule has 0 spiro atoms. The van der Waals surface area contributed by atoms with Crippen molar-refractivity contribution in [3.05, 3.63) is 30.3 Å². The van der Waals surface area contributed by atoms with Gasteiger partial charge in [-0.15, -0.1) is 0 Å². The molecule has 0 unspecified atom stereocenters. The Morgan fingerprint density at radius 1 is 1.12 bits per heavy atom. The van der Waals surface area contributed by atoms with Crippen LogP contribution in [0.1, 0.15) is 0 Å². The lowest BCUT2D eigenvalue weighted by Gasteiger charge is -1.78. The van der Waals surface area contributed by atoms with E-state index in [2.05, 4.69) is 0 Å². The van der Waals surface area contributed by atoms with Crippen molar-refractivity contribution in [1.82, 2.24) is 0 Å². The number of benzene rings is 1. The molecule has 0 aliphatic rings. The molecule has 0 nitrogen and oxygen atoms in total. The molecule has 0 aliphatic carbocycles. The second-order valence-corrected chi connectivity index (χ2v) is 2.61. The van der Waals surface area contributed by atoms with Gasteiger partial charge in [0.25, 0.3) is 0 Å². The molecular formula is C6H6ClS+. The summed E-state index contributed by atoms with van der Waals surface area (Å²) in [7, 11) is 6.32. The summed E-state index contributed by atoms with van der Waals surface area (Å²) in [4.78, 5) is 1.15. The summed E-state index contributed by atoms with van der Waals surface area (Å²) in [5.41, 5.74) is 0. The fourth-order valence-corrected chi connectivity index (χ4v) is 1.11. The lowest BCUT2D eigenvalue weighted by molar-refractivity contribution is 1.47. The maximum atomic E-state index is 5.50. The van der Waals surface area contributed by atoms with Gasteiger partial charge in [0.1, 0.15) is 11.0 Å². The van der Waals surface area contributed by atoms with E-state index in [-0.39, 0.29) is 0 Å². The van der Waals surface area contributed by atoms with Gasteiger partial charge in [0, 0.05) is 0 Å². The Labute approximate surface area is 57.4 Å². The Morgan fingerprint density at radius 3 is 2.12 bits per heavy atom.